The highest BCUT2D eigenvalue weighted by Crippen LogP contribution is 2.13. The molecule has 2 rings (SSSR count). The maximum atomic E-state index is 11.2. The van der Waals surface area contributed by atoms with E-state index in [1.807, 2.05) is 30.3 Å². The molecule has 1 aromatic carbocycles. The lowest BCUT2D eigenvalue weighted by Crippen LogP contribution is -2.13. The van der Waals surface area contributed by atoms with Crippen LogP contribution in [0.2, 0.25) is 0 Å². The van der Waals surface area contributed by atoms with Gasteiger partial charge in [0.1, 0.15) is 19.0 Å². The fraction of sp³-hybridized carbons (Fsp3) is 0.333. The number of esters is 1. The van der Waals surface area contributed by atoms with Gasteiger partial charge in [0, 0.05) is 13.5 Å². The molecule has 8 heteroatoms. The Hall–Kier alpha value is -2.19. The first-order valence-corrected chi connectivity index (χ1v) is 8.72. The van der Waals surface area contributed by atoms with E-state index in [9.17, 15) is 13.2 Å². The summed E-state index contributed by atoms with van der Waals surface area (Å²) in [6.07, 6.45) is 2.51. The van der Waals surface area contributed by atoms with E-state index in [0.29, 0.717) is 18.1 Å². The largest absolute Gasteiger partial charge is 0.458 e. The first kappa shape index (κ1) is 17.2. The van der Waals surface area contributed by atoms with Gasteiger partial charge >= 0.3 is 5.97 Å². The van der Waals surface area contributed by atoms with Crippen LogP contribution in [0.4, 0.5) is 0 Å². The van der Waals surface area contributed by atoms with Crippen LogP contribution in [0.15, 0.2) is 36.5 Å². The highest BCUT2D eigenvalue weighted by atomic mass is 32.2. The molecular weight excluding hydrogens is 320 g/mol. The summed E-state index contributed by atoms with van der Waals surface area (Å²) in [5, 5.41) is 0. The minimum atomic E-state index is -3.55. The van der Waals surface area contributed by atoms with E-state index in [-0.39, 0.29) is 13.2 Å². The average Bonchev–Trinajstić information content (AvgIpc) is 2.85. The Morgan fingerprint density at radius 1 is 1.22 bits per heavy atom. The van der Waals surface area contributed by atoms with Crippen LogP contribution in [0, 0.1) is 0 Å². The third-order valence-corrected chi connectivity index (χ3v) is 3.58. The molecule has 124 valence electrons. The molecule has 23 heavy (non-hydrogen) atoms. The topological polar surface area (TPSA) is 87.5 Å². The van der Waals surface area contributed by atoms with Crippen LogP contribution in [0.5, 0.6) is 0 Å². The number of nitrogens with zero attached hydrogens (tertiary/aromatic N) is 2. The zero-order chi connectivity index (χ0) is 16.9. The number of aromatic nitrogens is 2. The molecule has 0 aliphatic heterocycles. The molecule has 0 amide bonds. The molecule has 0 bridgehead atoms. The van der Waals surface area contributed by atoms with Gasteiger partial charge in [0.05, 0.1) is 18.1 Å². The first-order chi connectivity index (χ1) is 10.8. The Morgan fingerprint density at radius 2 is 1.91 bits per heavy atom. The van der Waals surface area contributed by atoms with Crippen molar-refractivity contribution in [2.75, 3.05) is 6.26 Å². The number of rotatable bonds is 7. The smallest absolute Gasteiger partial charge is 0.303 e. The van der Waals surface area contributed by atoms with Crippen LogP contribution in [0.1, 0.15) is 24.0 Å². The summed E-state index contributed by atoms with van der Waals surface area (Å²) in [4.78, 5) is 15.2. The maximum absolute atomic E-state index is 11.2. The molecule has 0 unspecified atom stereocenters. The van der Waals surface area contributed by atoms with Crippen molar-refractivity contribution < 1.29 is 22.1 Å². The molecule has 0 saturated heterocycles. The van der Waals surface area contributed by atoms with Crippen LogP contribution < -0.4 is 0 Å². The van der Waals surface area contributed by atoms with Crippen molar-refractivity contribution in [1.82, 2.24) is 9.55 Å². The van der Waals surface area contributed by atoms with Crippen molar-refractivity contribution in [3.8, 4) is 0 Å². The fourth-order valence-corrected chi connectivity index (χ4v) is 2.31. The van der Waals surface area contributed by atoms with Gasteiger partial charge in [-0.3, -0.25) is 8.98 Å². The lowest BCUT2D eigenvalue weighted by molar-refractivity contribution is -0.142. The minimum Gasteiger partial charge on any atom is -0.458 e. The van der Waals surface area contributed by atoms with Gasteiger partial charge in [0.15, 0.2) is 0 Å². The second-order valence-electron chi connectivity index (χ2n) is 4.98. The van der Waals surface area contributed by atoms with Crippen LogP contribution in [-0.4, -0.2) is 30.2 Å². The van der Waals surface area contributed by atoms with Crippen molar-refractivity contribution in [3.05, 3.63) is 53.6 Å². The molecule has 0 fully saturated rings. The summed E-state index contributed by atoms with van der Waals surface area (Å²) in [6, 6.07) is 9.61. The number of ether oxygens (including phenoxy) is 1. The van der Waals surface area contributed by atoms with Crippen molar-refractivity contribution in [2.45, 2.75) is 26.7 Å². The van der Waals surface area contributed by atoms with Crippen LogP contribution in [0.3, 0.4) is 0 Å². The maximum Gasteiger partial charge on any atom is 0.303 e. The molecule has 1 heterocycles. The number of carbonyl (C=O) groups is 1. The van der Waals surface area contributed by atoms with Crippen molar-refractivity contribution in [3.63, 3.8) is 0 Å². The van der Waals surface area contributed by atoms with E-state index < -0.39 is 16.1 Å². The van der Waals surface area contributed by atoms with E-state index in [1.54, 1.807) is 4.57 Å². The van der Waals surface area contributed by atoms with E-state index in [2.05, 4.69) is 4.98 Å². The molecule has 0 atom stereocenters. The molecule has 0 aliphatic rings. The van der Waals surface area contributed by atoms with E-state index in [1.165, 1.54) is 13.1 Å². The Kier molecular flexibility index (Phi) is 5.51. The number of imidazole rings is 1. The molecule has 1 aromatic heterocycles. The SMILES string of the molecule is CC(=O)OCc1ncc(COS(C)(=O)=O)n1Cc1ccccc1. The fourth-order valence-electron chi connectivity index (χ4n) is 1.98. The van der Waals surface area contributed by atoms with Crippen LogP contribution in [0.25, 0.3) is 0 Å². The third-order valence-electron chi connectivity index (χ3n) is 3.03. The second-order valence-corrected chi connectivity index (χ2v) is 6.63. The Bertz CT molecular complexity index is 768. The highest BCUT2D eigenvalue weighted by molar-refractivity contribution is 7.85. The number of benzene rings is 1. The van der Waals surface area contributed by atoms with Crippen molar-refractivity contribution in [2.24, 2.45) is 0 Å². The lowest BCUT2D eigenvalue weighted by Gasteiger charge is -2.12. The summed E-state index contributed by atoms with van der Waals surface area (Å²) < 4.78 is 34.0. The molecule has 2 aromatic rings. The molecule has 0 N–H and O–H groups in total. The Labute approximate surface area is 135 Å². The highest BCUT2D eigenvalue weighted by Gasteiger charge is 2.14. The zero-order valence-corrected chi connectivity index (χ0v) is 13.7. The average molecular weight is 338 g/mol. The standard InChI is InChI=1S/C15H18N2O5S/c1-12(18)21-11-15-16-8-14(10-22-23(2,19)20)17(15)9-13-6-4-3-5-7-13/h3-8H,9-11H2,1-2H3. The molecule has 0 aliphatic carbocycles. The van der Waals surface area contributed by atoms with Gasteiger partial charge in [-0.25, -0.2) is 4.98 Å². The summed E-state index contributed by atoms with van der Waals surface area (Å²) in [5.74, 6) is 0.115. The predicted octanol–water partition coefficient (Wildman–Crippen LogP) is 1.47. The minimum absolute atomic E-state index is 0.0149. The number of hydrogen-bond donors (Lipinski definition) is 0. The van der Waals surface area contributed by atoms with Gasteiger partial charge in [0.25, 0.3) is 10.1 Å². The van der Waals surface area contributed by atoms with E-state index in [4.69, 9.17) is 8.92 Å². The van der Waals surface area contributed by atoms with Gasteiger partial charge in [-0.2, -0.15) is 8.42 Å². The van der Waals surface area contributed by atoms with Crippen molar-refractivity contribution >= 4 is 16.1 Å². The lowest BCUT2D eigenvalue weighted by atomic mass is 10.2. The second kappa shape index (κ2) is 7.38. The summed E-state index contributed by atoms with van der Waals surface area (Å²) in [6.45, 7) is 1.68. The van der Waals surface area contributed by atoms with Gasteiger partial charge in [-0.15, -0.1) is 0 Å². The number of hydrogen-bond acceptors (Lipinski definition) is 6. The molecular formula is C15H18N2O5S. The monoisotopic (exact) mass is 338 g/mol. The summed E-state index contributed by atoms with van der Waals surface area (Å²) in [7, 11) is -3.55. The van der Waals surface area contributed by atoms with Gasteiger partial charge < -0.3 is 9.30 Å². The van der Waals surface area contributed by atoms with Gasteiger partial charge in [-0.1, -0.05) is 30.3 Å². The number of carbonyl (C=O) groups excluding carboxylic acids is 1. The van der Waals surface area contributed by atoms with Crippen LogP contribution >= 0.6 is 0 Å². The summed E-state index contributed by atoms with van der Waals surface area (Å²) >= 11 is 0. The van der Waals surface area contributed by atoms with Crippen LogP contribution in [-0.2, 0) is 43.6 Å². The normalized spacial score (nSPS) is 11.4. The quantitative estimate of drug-likeness (QED) is 0.561. The van der Waals surface area contributed by atoms with Crippen molar-refractivity contribution in [1.29, 1.82) is 0 Å². The Morgan fingerprint density at radius 3 is 2.52 bits per heavy atom. The summed E-state index contributed by atoms with van der Waals surface area (Å²) in [5.41, 5.74) is 1.59. The molecule has 0 spiro atoms. The molecule has 0 saturated carbocycles. The molecule has 7 nitrogen and oxygen atoms in total. The Balaban J connectivity index is 2.25. The predicted molar refractivity (Wildman–Crippen MR) is 82.9 cm³/mol. The van der Waals surface area contributed by atoms with Gasteiger partial charge in [-0.05, 0) is 5.56 Å². The third kappa shape index (κ3) is 5.50. The first-order valence-electron chi connectivity index (χ1n) is 6.90. The van der Waals surface area contributed by atoms with E-state index in [0.717, 1.165) is 11.8 Å². The zero-order valence-electron chi connectivity index (χ0n) is 12.9. The van der Waals surface area contributed by atoms with E-state index >= 15 is 0 Å². The molecule has 0 radical (unpaired) electrons. The van der Waals surface area contributed by atoms with Gasteiger partial charge in [0.2, 0.25) is 0 Å².